The number of sulfonamides is 1. The molecule has 0 amide bonds. The van der Waals surface area contributed by atoms with Gasteiger partial charge in [-0.25, -0.2) is 17.8 Å². The largest absolute Gasteiger partial charge is 0.497 e. The van der Waals surface area contributed by atoms with Gasteiger partial charge in [-0.3, -0.25) is 4.79 Å². The first-order valence-corrected chi connectivity index (χ1v) is 12.8. The number of nitrogens with zero attached hydrogens (tertiary/aromatic N) is 3. The second-order valence-electron chi connectivity index (χ2n) is 9.25. The number of aromatic nitrogens is 3. The van der Waals surface area contributed by atoms with Crippen LogP contribution in [-0.2, 0) is 23.0 Å². The van der Waals surface area contributed by atoms with E-state index in [1.807, 2.05) is 31.2 Å². The van der Waals surface area contributed by atoms with Gasteiger partial charge in [0.25, 0.3) is 5.56 Å². The summed E-state index contributed by atoms with van der Waals surface area (Å²) in [5.74, 6) is 1.20. The summed E-state index contributed by atoms with van der Waals surface area (Å²) in [6.45, 7) is 3.74. The van der Waals surface area contributed by atoms with E-state index in [9.17, 15) is 13.2 Å². The predicted molar refractivity (Wildman–Crippen MR) is 130 cm³/mol. The molecule has 5 rings (SSSR count). The van der Waals surface area contributed by atoms with E-state index in [0.717, 1.165) is 18.4 Å². The molecule has 2 heterocycles. The van der Waals surface area contributed by atoms with E-state index in [1.54, 1.807) is 26.2 Å². The van der Waals surface area contributed by atoms with Crippen LogP contribution in [0.4, 0.5) is 0 Å². The van der Waals surface area contributed by atoms with Crippen molar-refractivity contribution in [2.75, 3.05) is 7.11 Å². The van der Waals surface area contributed by atoms with E-state index in [1.165, 1.54) is 16.8 Å². The van der Waals surface area contributed by atoms with Crippen molar-refractivity contribution in [3.05, 3.63) is 81.6 Å². The highest BCUT2D eigenvalue weighted by molar-refractivity contribution is 7.89. The summed E-state index contributed by atoms with van der Waals surface area (Å²) >= 11 is 0. The Labute approximate surface area is 202 Å². The van der Waals surface area contributed by atoms with Gasteiger partial charge in [0.2, 0.25) is 10.0 Å². The van der Waals surface area contributed by atoms with Crippen LogP contribution in [0.1, 0.15) is 42.5 Å². The Kier molecular flexibility index (Phi) is 5.72. The molecule has 1 fully saturated rings. The van der Waals surface area contributed by atoms with Gasteiger partial charge in [0.05, 0.1) is 28.8 Å². The van der Waals surface area contributed by atoms with Crippen molar-refractivity contribution in [3.63, 3.8) is 0 Å². The van der Waals surface area contributed by atoms with Gasteiger partial charge in [0, 0.05) is 23.4 Å². The van der Waals surface area contributed by atoms with Crippen LogP contribution in [0.2, 0.25) is 0 Å². The van der Waals surface area contributed by atoms with Crippen molar-refractivity contribution in [1.82, 2.24) is 19.7 Å². The number of hydrogen-bond donors (Lipinski definition) is 1. The van der Waals surface area contributed by atoms with Gasteiger partial charge in [-0.2, -0.15) is 5.10 Å². The quantitative estimate of drug-likeness (QED) is 0.400. The van der Waals surface area contributed by atoms with Crippen molar-refractivity contribution < 1.29 is 17.7 Å². The Morgan fingerprint density at radius 3 is 2.63 bits per heavy atom. The average Bonchev–Trinajstić information content (AvgIpc) is 3.40. The molecule has 0 unspecified atom stereocenters. The van der Waals surface area contributed by atoms with E-state index in [-0.39, 0.29) is 16.8 Å². The lowest BCUT2D eigenvalue weighted by molar-refractivity contribution is 0.365. The van der Waals surface area contributed by atoms with Crippen LogP contribution in [0.25, 0.3) is 10.8 Å². The molecule has 0 spiro atoms. The molecule has 1 N–H and O–H groups in total. The molecular formula is C25H26N4O5S. The smallest absolute Gasteiger partial charge is 0.275 e. The number of fused-ring (bicyclic) bond motifs is 1. The van der Waals surface area contributed by atoms with E-state index in [2.05, 4.69) is 15.0 Å². The first-order chi connectivity index (χ1) is 16.7. The highest BCUT2D eigenvalue weighted by Gasteiger charge is 2.41. The van der Waals surface area contributed by atoms with Crippen molar-refractivity contribution in [2.45, 2.75) is 50.1 Å². The molecule has 2 aromatic heterocycles. The number of ether oxygens (including phenoxy) is 1. The topological polar surface area (TPSA) is 116 Å². The molecule has 1 aliphatic carbocycles. The predicted octanol–water partition coefficient (Wildman–Crippen LogP) is 3.17. The summed E-state index contributed by atoms with van der Waals surface area (Å²) in [5, 5.41) is 9.38. The second kappa shape index (κ2) is 8.62. The molecule has 0 aliphatic heterocycles. The van der Waals surface area contributed by atoms with Gasteiger partial charge >= 0.3 is 0 Å². The van der Waals surface area contributed by atoms with Crippen molar-refractivity contribution in [2.24, 2.45) is 0 Å². The molecule has 1 saturated carbocycles. The van der Waals surface area contributed by atoms with Crippen LogP contribution in [0.15, 0.2) is 62.7 Å². The molecule has 2 aromatic carbocycles. The number of nitrogens with one attached hydrogen (secondary N) is 1. The number of rotatable bonds is 8. The normalized spacial score (nSPS) is 14.8. The molecular weight excluding hydrogens is 468 g/mol. The lowest BCUT2D eigenvalue weighted by Gasteiger charge is -2.14. The van der Waals surface area contributed by atoms with Gasteiger partial charge < -0.3 is 9.26 Å². The van der Waals surface area contributed by atoms with Gasteiger partial charge in [-0.15, -0.1) is 0 Å². The van der Waals surface area contributed by atoms with Crippen molar-refractivity contribution in [3.8, 4) is 5.75 Å². The molecule has 1 aliphatic rings. The molecule has 0 saturated heterocycles. The second-order valence-corrected chi connectivity index (χ2v) is 10.9. The van der Waals surface area contributed by atoms with Crippen LogP contribution in [0.5, 0.6) is 5.75 Å². The fraction of sp³-hybridized carbons (Fsp3) is 0.320. The Hall–Kier alpha value is -3.50. The minimum Gasteiger partial charge on any atom is -0.497 e. The number of benzene rings is 2. The Balaban J connectivity index is 1.63. The Morgan fingerprint density at radius 1 is 1.14 bits per heavy atom. The average molecular weight is 495 g/mol. The third-order valence-corrected chi connectivity index (χ3v) is 7.82. The third-order valence-electron chi connectivity index (χ3n) is 6.19. The van der Waals surface area contributed by atoms with Crippen molar-refractivity contribution >= 4 is 20.8 Å². The summed E-state index contributed by atoms with van der Waals surface area (Å²) < 4.78 is 40.7. The van der Waals surface area contributed by atoms with Crippen LogP contribution in [0.3, 0.4) is 0 Å². The Morgan fingerprint density at radius 2 is 1.94 bits per heavy atom. The maximum atomic E-state index is 13.4. The fourth-order valence-corrected chi connectivity index (χ4v) is 5.52. The lowest BCUT2D eigenvalue weighted by atomic mass is 10.0. The molecule has 182 valence electrons. The summed E-state index contributed by atoms with van der Waals surface area (Å²) in [5.41, 5.74) is 1.44. The lowest BCUT2D eigenvalue weighted by Crippen LogP contribution is -2.34. The van der Waals surface area contributed by atoms with Crippen molar-refractivity contribution in [1.29, 1.82) is 0 Å². The molecule has 0 atom stereocenters. The number of methoxy groups -OCH3 is 1. The van der Waals surface area contributed by atoms with E-state index >= 15 is 0 Å². The van der Waals surface area contributed by atoms with E-state index < -0.39 is 21.1 Å². The minimum absolute atomic E-state index is 0.0517. The molecule has 9 nitrogen and oxygen atoms in total. The maximum Gasteiger partial charge on any atom is 0.275 e. The van der Waals surface area contributed by atoms with E-state index in [0.29, 0.717) is 34.7 Å². The summed E-state index contributed by atoms with van der Waals surface area (Å²) in [6.07, 6.45) is 2.00. The fourth-order valence-electron chi connectivity index (χ4n) is 4.03. The monoisotopic (exact) mass is 494 g/mol. The first kappa shape index (κ1) is 23.3. The highest BCUT2D eigenvalue weighted by Crippen LogP contribution is 2.36. The standard InChI is InChI=1S/C25H26N4O5S/c1-16-11-19(34-27-16)15-29-24(30)22-14-20(35(31,32)28-25(2)9-10-25)7-8-21(22)23(26-29)13-17-5-4-6-18(12-17)33-3/h4-8,11-12,14,28H,9-10,13,15H2,1-3H3. The summed E-state index contributed by atoms with van der Waals surface area (Å²) in [6, 6.07) is 14.0. The van der Waals surface area contributed by atoms with Crippen LogP contribution < -0.4 is 15.0 Å². The van der Waals surface area contributed by atoms with Crippen LogP contribution in [-0.4, -0.2) is 36.0 Å². The zero-order chi connectivity index (χ0) is 24.8. The molecule has 4 aromatic rings. The van der Waals surface area contributed by atoms with Gasteiger partial charge in [-0.1, -0.05) is 23.4 Å². The van der Waals surface area contributed by atoms with Crippen LogP contribution in [0, 0.1) is 6.92 Å². The van der Waals surface area contributed by atoms with Crippen LogP contribution >= 0.6 is 0 Å². The van der Waals surface area contributed by atoms with Gasteiger partial charge in [0.15, 0.2) is 5.76 Å². The molecule has 0 bridgehead atoms. The third kappa shape index (κ3) is 4.85. The first-order valence-electron chi connectivity index (χ1n) is 11.3. The Bertz CT molecular complexity index is 1590. The zero-order valence-electron chi connectivity index (χ0n) is 19.7. The number of aryl methyl sites for hydroxylation is 1. The minimum atomic E-state index is -3.78. The molecule has 0 radical (unpaired) electrons. The maximum absolute atomic E-state index is 13.4. The molecule has 10 heteroatoms. The number of hydrogen-bond acceptors (Lipinski definition) is 7. The zero-order valence-corrected chi connectivity index (χ0v) is 20.6. The summed E-state index contributed by atoms with van der Waals surface area (Å²) in [7, 11) is -2.17. The summed E-state index contributed by atoms with van der Waals surface area (Å²) in [4.78, 5) is 13.5. The van der Waals surface area contributed by atoms with E-state index in [4.69, 9.17) is 9.26 Å². The molecule has 35 heavy (non-hydrogen) atoms. The van der Waals surface area contributed by atoms with Gasteiger partial charge in [-0.05, 0) is 56.5 Å². The van der Waals surface area contributed by atoms with Gasteiger partial charge in [0.1, 0.15) is 12.3 Å². The highest BCUT2D eigenvalue weighted by atomic mass is 32.2. The SMILES string of the molecule is COc1cccc(Cc2nn(Cc3cc(C)no3)c(=O)c3cc(S(=O)(=O)NC4(C)CC4)ccc23)c1.